The summed E-state index contributed by atoms with van der Waals surface area (Å²) in [6.45, 7) is 5.68. The average molecular weight is 400 g/mol. The number of halogens is 1. The van der Waals surface area contributed by atoms with Gasteiger partial charge in [0.05, 0.1) is 17.9 Å². The minimum atomic E-state index is -0.326. The molecule has 2 aromatic rings. The standard InChI is InChI=1S/C20H22FN4O2P/c1-13-8-27-17-6-15(28)3-4-16(17)25(13)19(26)24-11-20(12-24)9-23(10-20)18-5-2-14(21)7-22-18/h2-7,13H,8-12,28H2,1H3. The lowest BCUT2D eigenvalue weighted by Crippen LogP contribution is -2.74. The van der Waals surface area contributed by atoms with Crippen molar-refractivity contribution in [2.75, 3.05) is 42.6 Å². The van der Waals surface area contributed by atoms with Gasteiger partial charge in [0, 0.05) is 31.6 Å². The minimum Gasteiger partial charge on any atom is -0.489 e. The van der Waals surface area contributed by atoms with Crippen molar-refractivity contribution < 1.29 is 13.9 Å². The highest BCUT2D eigenvalue weighted by atomic mass is 31.0. The number of amides is 2. The second-order valence-corrected chi connectivity index (χ2v) is 8.75. The molecule has 5 rings (SSSR count). The molecule has 2 unspecified atom stereocenters. The molecule has 28 heavy (non-hydrogen) atoms. The van der Waals surface area contributed by atoms with Gasteiger partial charge in [0.15, 0.2) is 0 Å². The summed E-state index contributed by atoms with van der Waals surface area (Å²) < 4.78 is 18.8. The third-order valence-corrected chi connectivity index (χ3v) is 6.14. The van der Waals surface area contributed by atoms with E-state index in [9.17, 15) is 9.18 Å². The van der Waals surface area contributed by atoms with E-state index in [0.29, 0.717) is 6.61 Å². The first-order valence-electron chi connectivity index (χ1n) is 9.41. The predicted octanol–water partition coefficient (Wildman–Crippen LogP) is 2.25. The van der Waals surface area contributed by atoms with Crippen LogP contribution in [0.1, 0.15) is 6.92 Å². The SMILES string of the molecule is CC1COc2cc(P)ccc2N1C(=O)N1CC2(C1)CN(c1ccc(F)cn1)C2. The number of urea groups is 1. The van der Waals surface area contributed by atoms with E-state index >= 15 is 0 Å². The molecule has 2 fully saturated rings. The van der Waals surface area contributed by atoms with Crippen molar-refractivity contribution in [2.24, 2.45) is 5.41 Å². The van der Waals surface area contributed by atoms with Gasteiger partial charge < -0.3 is 14.5 Å². The Hall–Kier alpha value is -2.40. The van der Waals surface area contributed by atoms with Crippen LogP contribution in [0.4, 0.5) is 20.7 Å². The normalized spacial score (nSPS) is 22.2. The van der Waals surface area contributed by atoms with Crippen molar-refractivity contribution in [3.05, 3.63) is 42.3 Å². The van der Waals surface area contributed by atoms with Gasteiger partial charge >= 0.3 is 6.03 Å². The van der Waals surface area contributed by atoms with Gasteiger partial charge in [-0.15, -0.1) is 9.24 Å². The molecule has 0 N–H and O–H groups in total. The van der Waals surface area contributed by atoms with Crippen molar-refractivity contribution >= 4 is 32.1 Å². The lowest BCUT2D eigenvalue weighted by Gasteiger charge is -2.61. The smallest absolute Gasteiger partial charge is 0.325 e. The molecule has 1 aromatic carbocycles. The number of rotatable bonds is 1. The Kier molecular flexibility index (Phi) is 3.98. The number of pyridine rings is 1. The Bertz CT molecular complexity index is 924. The summed E-state index contributed by atoms with van der Waals surface area (Å²) >= 11 is 0. The maximum absolute atomic E-state index is 13.2. The van der Waals surface area contributed by atoms with Gasteiger partial charge in [-0.2, -0.15) is 0 Å². The van der Waals surface area contributed by atoms with Crippen LogP contribution in [0.25, 0.3) is 0 Å². The molecule has 1 spiro atoms. The summed E-state index contributed by atoms with van der Waals surface area (Å²) in [7, 11) is 2.66. The van der Waals surface area contributed by atoms with Crippen molar-refractivity contribution in [3.63, 3.8) is 0 Å². The number of anilines is 2. The quantitative estimate of drug-likeness (QED) is 0.689. The van der Waals surface area contributed by atoms with E-state index in [0.717, 1.165) is 48.7 Å². The molecule has 3 aliphatic rings. The Morgan fingerprint density at radius 1 is 1.25 bits per heavy atom. The molecule has 2 amide bonds. The summed E-state index contributed by atoms with van der Waals surface area (Å²) in [6.07, 6.45) is 1.24. The number of fused-ring (bicyclic) bond motifs is 1. The number of carbonyl (C=O) groups is 1. The molecule has 8 heteroatoms. The van der Waals surface area contributed by atoms with Crippen LogP contribution in [-0.2, 0) is 0 Å². The number of likely N-dealkylation sites (tertiary alicyclic amines) is 1. The molecule has 0 aliphatic carbocycles. The van der Waals surface area contributed by atoms with Crippen LogP contribution in [-0.4, -0.2) is 54.7 Å². The molecule has 0 saturated carbocycles. The lowest BCUT2D eigenvalue weighted by molar-refractivity contribution is 0.00857. The minimum absolute atomic E-state index is 0.00628. The Balaban J connectivity index is 1.25. The van der Waals surface area contributed by atoms with Gasteiger partial charge in [-0.25, -0.2) is 14.2 Å². The van der Waals surface area contributed by atoms with E-state index in [4.69, 9.17) is 4.74 Å². The molecule has 146 valence electrons. The topological polar surface area (TPSA) is 48.9 Å². The first kappa shape index (κ1) is 17.7. The highest BCUT2D eigenvalue weighted by molar-refractivity contribution is 7.27. The fourth-order valence-electron chi connectivity index (χ4n) is 4.39. The molecule has 6 nitrogen and oxygen atoms in total. The van der Waals surface area contributed by atoms with Gasteiger partial charge in [0.25, 0.3) is 0 Å². The molecule has 2 saturated heterocycles. The molecule has 4 heterocycles. The summed E-state index contributed by atoms with van der Waals surface area (Å²) in [5.41, 5.74) is 0.968. The highest BCUT2D eigenvalue weighted by Gasteiger charge is 2.54. The maximum atomic E-state index is 13.2. The zero-order valence-electron chi connectivity index (χ0n) is 15.6. The Morgan fingerprint density at radius 2 is 2.04 bits per heavy atom. The summed E-state index contributed by atoms with van der Waals surface area (Å²) in [4.78, 5) is 23.2. The zero-order chi connectivity index (χ0) is 19.5. The van der Waals surface area contributed by atoms with Gasteiger partial charge in [0.2, 0.25) is 0 Å². The largest absolute Gasteiger partial charge is 0.489 e. The van der Waals surface area contributed by atoms with E-state index in [1.807, 2.05) is 34.9 Å². The molecule has 2 atom stereocenters. The number of ether oxygens (including phenoxy) is 1. The summed E-state index contributed by atoms with van der Waals surface area (Å²) in [5.74, 6) is 1.22. The molecular formula is C20H22FN4O2P. The van der Waals surface area contributed by atoms with Crippen LogP contribution in [0.3, 0.4) is 0 Å². The van der Waals surface area contributed by atoms with Crippen molar-refractivity contribution in [1.82, 2.24) is 9.88 Å². The predicted molar refractivity (Wildman–Crippen MR) is 109 cm³/mol. The number of hydrogen-bond donors (Lipinski definition) is 0. The second-order valence-electron chi connectivity index (χ2n) is 8.09. The molecule has 3 aliphatic heterocycles. The fraction of sp³-hybridized carbons (Fsp3) is 0.400. The summed E-state index contributed by atoms with van der Waals surface area (Å²) in [6, 6.07) is 9.04. The number of carbonyl (C=O) groups excluding carboxylic acids is 1. The lowest BCUT2D eigenvalue weighted by atomic mass is 9.73. The third-order valence-electron chi connectivity index (χ3n) is 5.78. The molecular weight excluding hydrogens is 378 g/mol. The molecule has 0 bridgehead atoms. The van der Waals surface area contributed by atoms with E-state index in [-0.39, 0.29) is 23.3 Å². The second kappa shape index (κ2) is 6.31. The number of aromatic nitrogens is 1. The van der Waals surface area contributed by atoms with Crippen LogP contribution in [0.2, 0.25) is 0 Å². The number of hydrogen-bond acceptors (Lipinski definition) is 4. The van der Waals surface area contributed by atoms with Crippen molar-refractivity contribution in [2.45, 2.75) is 13.0 Å². The number of nitrogens with zero attached hydrogens (tertiary/aromatic N) is 4. The first-order valence-corrected chi connectivity index (χ1v) is 9.99. The first-order chi connectivity index (χ1) is 13.4. The summed E-state index contributed by atoms with van der Waals surface area (Å²) in [5, 5.41) is 1.03. The van der Waals surface area contributed by atoms with Gasteiger partial charge in [-0.1, -0.05) is 6.07 Å². The van der Waals surface area contributed by atoms with E-state index in [2.05, 4.69) is 19.1 Å². The van der Waals surface area contributed by atoms with Gasteiger partial charge in [-0.3, -0.25) is 4.90 Å². The van der Waals surface area contributed by atoms with Crippen molar-refractivity contribution in [1.29, 1.82) is 0 Å². The van der Waals surface area contributed by atoms with Gasteiger partial charge in [-0.05, 0) is 36.5 Å². The van der Waals surface area contributed by atoms with E-state index in [1.54, 1.807) is 6.07 Å². The molecule has 1 aromatic heterocycles. The third kappa shape index (κ3) is 2.80. The van der Waals surface area contributed by atoms with Crippen LogP contribution in [0.15, 0.2) is 36.5 Å². The van der Waals surface area contributed by atoms with Crippen LogP contribution < -0.4 is 19.8 Å². The van der Waals surface area contributed by atoms with Crippen LogP contribution in [0.5, 0.6) is 5.75 Å². The van der Waals surface area contributed by atoms with E-state index < -0.39 is 0 Å². The van der Waals surface area contributed by atoms with E-state index in [1.165, 1.54) is 12.3 Å². The average Bonchev–Trinajstić information content (AvgIpc) is 2.60. The van der Waals surface area contributed by atoms with Crippen molar-refractivity contribution in [3.8, 4) is 5.75 Å². The molecule has 0 radical (unpaired) electrons. The zero-order valence-corrected chi connectivity index (χ0v) is 16.8. The monoisotopic (exact) mass is 400 g/mol. The Morgan fingerprint density at radius 3 is 2.75 bits per heavy atom. The van der Waals surface area contributed by atoms with Crippen LogP contribution in [0, 0.1) is 11.2 Å². The van der Waals surface area contributed by atoms with Gasteiger partial charge in [0.1, 0.15) is 24.0 Å². The van der Waals surface area contributed by atoms with Crippen LogP contribution >= 0.6 is 9.24 Å². The maximum Gasteiger partial charge on any atom is 0.325 e. The number of benzene rings is 1. The fourth-order valence-corrected chi connectivity index (χ4v) is 4.64. The Labute approximate surface area is 165 Å². The highest BCUT2D eigenvalue weighted by Crippen LogP contribution is 2.43.